The van der Waals surface area contributed by atoms with Crippen LogP contribution in [0.15, 0.2) is 12.1 Å². The minimum Gasteiger partial charge on any atom is -0.339 e. The zero-order valence-corrected chi connectivity index (χ0v) is 13.8. The zero-order chi connectivity index (χ0) is 15.2. The molecule has 0 aliphatic heterocycles. The first-order valence-electron chi connectivity index (χ1n) is 8.05. The number of amides is 1. The Labute approximate surface area is 132 Å². The van der Waals surface area contributed by atoms with Gasteiger partial charge in [-0.15, -0.1) is 0 Å². The Balaban J connectivity index is 2.14. The van der Waals surface area contributed by atoms with Crippen molar-refractivity contribution in [1.82, 2.24) is 9.88 Å². The molecule has 2 rings (SSSR count). The van der Waals surface area contributed by atoms with E-state index in [4.69, 9.17) is 11.6 Å². The van der Waals surface area contributed by atoms with Crippen LogP contribution in [0.1, 0.15) is 67.9 Å². The number of carbonyl (C=O) groups excluding carboxylic acids is 1. The Bertz CT molecular complexity index is 482. The number of hydrogen-bond donors (Lipinski definition) is 0. The summed E-state index contributed by atoms with van der Waals surface area (Å²) in [5.41, 5.74) is 1.58. The van der Waals surface area contributed by atoms with E-state index in [-0.39, 0.29) is 5.91 Å². The van der Waals surface area contributed by atoms with Gasteiger partial charge in [-0.3, -0.25) is 4.79 Å². The normalized spacial score (nSPS) is 16.5. The summed E-state index contributed by atoms with van der Waals surface area (Å²) in [6.45, 7) is 2.10. The highest BCUT2D eigenvalue weighted by Crippen LogP contribution is 2.23. The van der Waals surface area contributed by atoms with Crippen LogP contribution in [-0.2, 0) is 6.42 Å². The molecule has 1 aliphatic carbocycles. The van der Waals surface area contributed by atoms with Crippen LogP contribution in [0.25, 0.3) is 0 Å². The van der Waals surface area contributed by atoms with E-state index in [0.29, 0.717) is 16.8 Å². The molecule has 0 unspecified atom stereocenters. The summed E-state index contributed by atoms with van der Waals surface area (Å²) in [5, 5.41) is 0.415. The van der Waals surface area contributed by atoms with Crippen molar-refractivity contribution in [2.24, 2.45) is 0 Å². The van der Waals surface area contributed by atoms with E-state index < -0.39 is 0 Å². The van der Waals surface area contributed by atoms with Gasteiger partial charge in [-0.2, -0.15) is 0 Å². The van der Waals surface area contributed by atoms with Crippen molar-refractivity contribution in [3.63, 3.8) is 0 Å². The molecule has 21 heavy (non-hydrogen) atoms. The molecule has 1 saturated carbocycles. The highest BCUT2D eigenvalue weighted by molar-refractivity contribution is 6.29. The lowest BCUT2D eigenvalue weighted by Crippen LogP contribution is -2.36. The van der Waals surface area contributed by atoms with Gasteiger partial charge in [0, 0.05) is 24.3 Å². The summed E-state index contributed by atoms with van der Waals surface area (Å²) >= 11 is 6.06. The molecule has 0 N–H and O–H groups in total. The summed E-state index contributed by atoms with van der Waals surface area (Å²) in [7, 11) is 1.92. The van der Waals surface area contributed by atoms with E-state index in [1.165, 1.54) is 25.7 Å². The average molecular weight is 309 g/mol. The standard InChI is InChI=1S/C17H25ClN2O/c1-3-8-14-11-13(12-16(18)19-14)17(21)20(2)15-9-6-4-5-7-10-15/h11-12,15H,3-10H2,1-2H3. The molecule has 4 heteroatoms. The summed E-state index contributed by atoms with van der Waals surface area (Å²) in [6.07, 6.45) is 9.11. The van der Waals surface area contributed by atoms with Gasteiger partial charge in [0.05, 0.1) is 0 Å². The summed E-state index contributed by atoms with van der Waals surface area (Å²) in [5.74, 6) is 0.0727. The van der Waals surface area contributed by atoms with Crippen molar-refractivity contribution in [2.45, 2.75) is 64.3 Å². The van der Waals surface area contributed by atoms with Crippen LogP contribution in [-0.4, -0.2) is 28.9 Å². The molecule has 0 radical (unpaired) electrons. The van der Waals surface area contributed by atoms with Crippen molar-refractivity contribution in [3.05, 3.63) is 28.5 Å². The van der Waals surface area contributed by atoms with Crippen LogP contribution in [0.2, 0.25) is 5.15 Å². The van der Waals surface area contributed by atoms with Crippen LogP contribution in [0.3, 0.4) is 0 Å². The smallest absolute Gasteiger partial charge is 0.254 e. The summed E-state index contributed by atoms with van der Waals surface area (Å²) < 4.78 is 0. The second kappa shape index (κ2) is 7.79. The predicted molar refractivity (Wildman–Crippen MR) is 86.8 cm³/mol. The van der Waals surface area contributed by atoms with Crippen molar-refractivity contribution in [1.29, 1.82) is 0 Å². The lowest BCUT2D eigenvalue weighted by molar-refractivity contribution is 0.0717. The number of pyridine rings is 1. The molecule has 1 aromatic heterocycles. The molecule has 1 aromatic rings. The molecule has 0 aromatic carbocycles. The van der Waals surface area contributed by atoms with E-state index in [1.54, 1.807) is 6.07 Å². The quantitative estimate of drug-likeness (QED) is 0.607. The lowest BCUT2D eigenvalue weighted by Gasteiger charge is -2.27. The van der Waals surface area contributed by atoms with Gasteiger partial charge in [0.1, 0.15) is 5.15 Å². The molecule has 116 valence electrons. The maximum atomic E-state index is 12.7. The van der Waals surface area contributed by atoms with Crippen molar-refractivity contribution in [3.8, 4) is 0 Å². The van der Waals surface area contributed by atoms with Gasteiger partial charge < -0.3 is 4.90 Å². The SMILES string of the molecule is CCCc1cc(C(=O)N(C)C2CCCCCC2)cc(Cl)n1. The molecule has 3 nitrogen and oxygen atoms in total. The van der Waals surface area contributed by atoms with Gasteiger partial charge in [0.2, 0.25) is 0 Å². The largest absolute Gasteiger partial charge is 0.339 e. The number of carbonyl (C=O) groups is 1. The topological polar surface area (TPSA) is 33.2 Å². The third-order valence-corrected chi connectivity index (χ3v) is 4.49. The number of hydrogen-bond acceptors (Lipinski definition) is 2. The zero-order valence-electron chi connectivity index (χ0n) is 13.1. The van der Waals surface area contributed by atoms with Gasteiger partial charge in [0.25, 0.3) is 5.91 Å². The Morgan fingerprint density at radius 3 is 2.57 bits per heavy atom. The number of aryl methyl sites for hydroxylation is 1. The third-order valence-electron chi connectivity index (χ3n) is 4.29. The minimum atomic E-state index is 0.0727. The van der Waals surface area contributed by atoms with Crippen LogP contribution in [0.4, 0.5) is 0 Å². The molecule has 1 aliphatic rings. The van der Waals surface area contributed by atoms with Gasteiger partial charge >= 0.3 is 0 Å². The molecule has 0 atom stereocenters. The van der Waals surface area contributed by atoms with E-state index >= 15 is 0 Å². The van der Waals surface area contributed by atoms with Gasteiger partial charge in [-0.1, -0.05) is 50.6 Å². The second-order valence-corrected chi connectivity index (χ2v) is 6.37. The first-order chi connectivity index (χ1) is 10.1. The van der Waals surface area contributed by atoms with Gasteiger partial charge in [0.15, 0.2) is 0 Å². The monoisotopic (exact) mass is 308 g/mol. The molecule has 1 amide bonds. The van der Waals surface area contributed by atoms with Crippen LogP contribution < -0.4 is 0 Å². The minimum absolute atomic E-state index is 0.0727. The molecule has 1 fully saturated rings. The highest BCUT2D eigenvalue weighted by atomic mass is 35.5. The van der Waals surface area contributed by atoms with Crippen LogP contribution in [0, 0.1) is 0 Å². The summed E-state index contributed by atoms with van der Waals surface area (Å²) in [4.78, 5) is 18.9. The van der Waals surface area contributed by atoms with Gasteiger partial charge in [-0.05, 0) is 31.4 Å². The maximum Gasteiger partial charge on any atom is 0.254 e. The van der Waals surface area contributed by atoms with E-state index in [1.807, 2.05) is 18.0 Å². The summed E-state index contributed by atoms with van der Waals surface area (Å²) in [6, 6.07) is 3.95. The number of nitrogens with zero attached hydrogens (tertiary/aromatic N) is 2. The fourth-order valence-electron chi connectivity index (χ4n) is 3.07. The first kappa shape index (κ1) is 16.3. The Hall–Kier alpha value is -1.09. The molecular weight excluding hydrogens is 284 g/mol. The third kappa shape index (κ3) is 4.44. The van der Waals surface area contributed by atoms with Crippen LogP contribution in [0.5, 0.6) is 0 Å². The Morgan fingerprint density at radius 2 is 1.95 bits per heavy atom. The molecular formula is C17H25ClN2O. The molecule has 0 saturated heterocycles. The maximum absolute atomic E-state index is 12.7. The second-order valence-electron chi connectivity index (χ2n) is 5.98. The molecule has 1 heterocycles. The van der Waals surface area contributed by atoms with Gasteiger partial charge in [-0.25, -0.2) is 4.98 Å². The van der Waals surface area contributed by atoms with Crippen molar-refractivity contribution >= 4 is 17.5 Å². The lowest BCUT2D eigenvalue weighted by atomic mass is 10.1. The van der Waals surface area contributed by atoms with E-state index in [9.17, 15) is 4.79 Å². The number of halogens is 1. The Morgan fingerprint density at radius 1 is 1.29 bits per heavy atom. The van der Waals surface area contributed by atoms with Crippen LogP contribution >= 0.6 is 11.6 Å². The fraction of sp³-hybridized carbons (Fsp3) is 0.647. The molecule has 0 bridgehead atoms. The highest BCUT2D eigenvalue weighted by Gasteiger charge is 2.22. The van der Waals surface area contributed by atoms with E-state index in [0.717, 1.165) is 31.4 Å². The van der Waals surface area contributed by atoms with E-state index in [2.05, 4.69) is 11.9 Å². The first-order valence-corrected chi connectivity index (χ1v) is 8.43. The van der Waals surface area contributed by atoms with Crippen molar-refractivity contribution < 1.29 is 4.79 Å². The number of rotatable bonds is 4. The number of aromatic nitrogens is 1. The van der Waals surface area contributed by atoms with Crippen molar-refractivity contribution in [2.75, 3.05) is 7.05 Å². The molecule has 0 spiro atoms. The fourth-order valence-corrected chi connectivity index (χ4v) is 3.30. The predicted octanol–water partition coefficient (Wildman–Crippen LogP) is 4.48. The Kier molecular flexibility index (Phi) is 6.04. The average Bonchev–Trinajstić information content (AvgIpc) is 2.74.